The third-order valence-corrected chi connectivity index (χ3v) is 6.39. The Morgan fingerprint density at radius 3 is 2.61 bits per heavy atom. The van der Waals surface area contributed by atoms with Gasteiger partial charge in [0.25, 0.3) is 10.0 Å². The minimum absolute atomic E-state index is 0.0812. The predicted molar refractivity (Wildman–Crippen MR) is 113 cm³/mol. The Hall–Kier alpha value is -2.54. The van der Waals surface area contributed by atoms with Gasteiger partial charge < -0.3 is 4.40 Å². The van der Waals surface area contributed by atoms with Gasteiger partial charge in [-0.3, -0.25) is 4.72 Å². The topological polar surface area (TPSA) is 63.5 Å². The number of hydrogen-bond acceptors (Lipinski definition) is 3. The molecule has 0 saturated carbocycles. The Balaban J connectivity index is 1.80. The van der Waals surface area contributed by atoms with Crippen LogP contribution in [0.2, 0.25) is 10.0 Å². The number of rotatable bonds is 4. The van der Waals surface area contributed by atoms with E-state index in [2.05, 4.69) is 9.71 Å². The van der Waals surface area contributed by atoms with Crippen molar-refractivity contribution in [3.05, 3.63) is 82.6 Å². The second-order valence-corrected chi connectivity index (χ2v) is 8.77. The zero-order valence-electron chi connectivity index (χ0n) is 14.7. The van der Waals surface area contributed by atoms with Crippen LogP contribution < -0.4 is 4.72 Å². The van der Waals surface area contributed by atoms with Crippen LogP contribution in [-0.2, 0) is 10.0 Å². The number of nitrogens with one attached hydrogen (secondary N) is 1. The van der Waals surface area contributed by atoms with E-state index in [4.69, 9.17) is 23.2 Å². The lowest BCUT2D eigenvalue weighted by Crippen LogP contribution is -2.14. The molecule has 0 aliphatic rings. The summed E-state index contributed by atoms with van der Waals surface area (Å²) >= 11 is 12.0. The van der Waals surface area contributed by atoms with E-state index < -0.39 is 10.0 Å². The van der Waals surface area contributed by atoms with Crippen molar-refractivity contribution in [1.29, 1.82) is 0 Å². The number of aromatic nitrogens is 2. The predicted octanol–water partition coefficient (Wildman–Crippen LogP) is 5.42. The number of anilines is 1. The highest BCUT2D eigenvalue weighted by molar-refractivity contribution is 7.92. The van der Waals surface area contributed by atoms with Crippen LogP contribution in [0.3, 0.4) is 0 Å². The summed E-state index contributed by atoms with van der Waals surface area (Å²) in [5, 5.41) is 0.381. The van der Waals surface area contributed by atoms with E-state index in [0.717, 1.165) is 11.2 Å². The molecule has 0 fully saturated rings. The van der Waals surface area contributed by atoms with E-state index >= 15 is 0 Å². The maximum Gasteiger partial charge on any atom is 0.263 e. The van der Waals surface area contributed by atoms with Crippen LogP contribution >= 0.6 is 23.2 Å². The molecule has 2 aromatic heterocycles. The highest BCUT2D eigenvalue weighted by Crippen LogP contribution is 2.32. The largest absolute Gasteiger partial charge is 0.306 e. The van der Waals surface area contributed by atoms with Crippen LogP contribution in [0, 0.1) is 6.92 Å². The van der Waals surface area contributed by atoms with Gasteiger partial charge in [-0.25, -0.2) is 13.4 Å². The molecule has 1 N–H and O–H groups in total. The van der Waals surface area contributed by atoms with Gasteiger partial charge in [-0.2, -0.15) is 0 Å². The van der Waals surface area contributed by atoms with Gasteiger partial charge in [-0.05, 0) is 42.8 Å². The standard InChI is InChI=1S/C20H15Cl2N3O2S/c1-13-5-4-10-25-12-18(23-20(13)25)15-6-2-3-7-17(15)24-28(26,27)19-11-14(21)8-9-16(19)22/h2-12,24H,1H3. The Kier molecular flexibility index (Phi) is 4.79. The molecule has 0 radical (unpaired) electrons. The summed E-state index contributed by atoms with van der Waals surface area (Å²) in [6.07, 6.45) is 3.76. The maximum absolute atomic E-state index is 12.9. The average Bonchev–Trinajstić information content (AvgIpc) is 3.09. The first-order valence-electron chi connectivity index (χ1n) is 8.37. The van der Waals surface area contributed by atoms with Crippen LogP contribution in [0.4, 0.5) is 5.69 Å². The SMILES string of the molecule is Cc1cccn2cc(-c3ccccc3NS(=O)(=O)c3cc(Cl)ccc3Cl)nc12. The van der Waals surface area contributed by atoms with Gasteiger partial charge in [-0.15, -0.1) is 0 Å². The molecule has 5 nitrogen and oxygen atoms in total. The molecule has 2 aromatic carbocycles. The van der Waals surface area contributed by atoms with Crippen LogP contribution in [0.1, 0.15) is 5.56 Å². The Labute approximate surface area is 172 Å². The summed E-state index contributed by atoms with van der Waals surface area (Å²) in [7, 11) is -3.94. The molecule has 2 heterocycles. The molecule has 0 unspecified atom stereocenters. The van der Waals surface area contributed by atoms with Gasteiger partial charge in [0.15, 0.2) is 0 Å². The second-order valence-electron chi connectivity index (χ2n) is 6.27. The number of imidazole rings is 1. The fraction of sp³-hybridized carbons (Fsp3) is 0.0500. The molecule has 0 aliphatic heterocycles. The number of sulfonamides is 1. The van der Waals surface area contributed by atoms with Gasteiger partial charge in [0.05, 0.1) is 16.4 Å². The summed E-state index contributed by atoms with van der Waals surface area (Å²) in [4.78, 5) is 4.58. The van der Waals surface area contributed by atoms with Crippen molar-refractivity contribution >= 4 is 44.6 Å². The minimum Gasteiger partial charge on any atom is -0.306 e. The lowest BCUT2D eigenvalue weighted by Gasteiger charge is -2.12. The van der Waals surface area contributed by atoms with Gasteiger partial charge in [0, 0.05) is 23.0 Å². The molecule has 0 bridgehead atoms. The van der Waals surface area contributed by atoms with E-state index in [1.165, 1.54) is 18.2 Å². The highest BCUT2D eigenvalue weighted by Gasteiger charge is 2.21. The smallest absolute Gasteiger partial charge is 0.263 e. The van der Waals surface area contributed by atoms with Crippen molar-refractivity contribution in [3.8, 4) is 11.3 Å². The molecule has 0 spiro atoms. The molecule has 142 valence electrons. The van der Waals surface area contributed by atoms with Crippen LogP contribution in [0.5, 0.6) is 0 Å². The van der Waals surface area contributed by atoms with E-state index in [-0.39, 0.29) is 14.9 Å². The van der Waals surface area contributed by atoms with E-state index in [9.17, 15) is 8.42 Å². The van der Waals surface area contributed by atoms with Crippen molar-refractivity contribution in [3.63, 3.8) is 0 Å². The Morgan fingerprint density at radius 2 is 1.82 bits per heavy atom. The zero-order chi connectivity index (χ0) is 19.9. The van der Waals surface area contributed by atoms with Crippen LogP contribution in [0.15, 0.2) is 71.9 Å². The van der Waals surface area contributed by atoms with Gasteiger partial charge >= 0.3 is 0 Å². The molecule has 28 heavy (non-hydrogen) atoms. The number of hydrogen-bond donors (Lipinski definition) is 1. The summed E-state index contributed by atoms with van der Waals surface area (Å²) in [5.41, 5.74) is 3.56. The van der Waals surface area contributed by atoms with Crippen molar-refractivity contribution in [2.24, 2.45) is 0 Å². The Morgan fingerprint density at radius 1 is 1.04 bits per heavy atom. The molecule has 0 amide bonds. The molecular formula is C20H15Cl2N3O2S. The molecular weight excluding hydrogens is 417 g/mol. The number of nitrogens with zero attached hydrogens (tertiary/aromatic N) is 2. The third-order valence-electron chi connectivity index (χ3n) is 4.31. The minimum atomic E-state index is -3.94. The average molecular weight is 432 g/mol. The lowest BCUT2D eigenvalue weighted by atomic mass is 10.1. The number of pyridine rings is 1. The summed E-state index contributed by atoms with van der Waals surface area (Å²) in [6.45, 7) is 1.97. The first kappa shape index (κ1) is 18.8. The van der Waals surface area contributed by atoms with Crippen molar-refractivity contribution in [1.82, 2.24) is 9.38 Å². The van der Waals surface area contributed by atoms with Gasteiger partial charge in [-0.1, -0.05) is 47.5 Å². The monoisotopic (exact) mass is 431 g/mol. The van der Waals surface area contributed by atoms with E-state index in [1.807, 2.05) is 48.0 Å². The number of aryl methyl sites for hydroxylation is 1. The fourth-order valence-electron chi connectivity index (χ4n) is 2.96. The van der Waals surface area contributed by atoms with Crippen molar-refractivity contribution < 1.29 is 8.42 Å². The lowest BCUT2D eigenvalue weighted by molar-refractivity contribution is 0.601. The second kappa shape index (κ2) is 7.13. The molecule has 4 aromatic rings. The highest BCUT2D eigenvalue weighted by atomic mass is 35.5. The zero-order valence-corrected chi connectivity index (χ0v) is 17.1. The van der Waals surface area contributed by atoms with Crippen molar-refractivity contribution in [2.75, 3.05) is 4.72 Å². The number of fused-ring (bicyclic) bond motifs is 1. The molecule has 0 aliphatic carbocycles. The fourth-order valence-corrected chi connectivity index (χ4v) is 4.81. The third kappa shape index (κ3) is 3.46. The normalized spacial score (nSPS) is 11.7. The summed E-state index contributed by atoms with van der Waals surface area (Å²) in [5.74, 6) is 0. The molecule has 0 saturated heterocycles. The van der Waals surface area contributed by atoms with Crippen LogP contribution in [-0.4, -0.2) is 17.8 Å². The van der Waals surface area contributed by atoms with E-state index in [1.54, 1.807) is 12.1 Å². The molecule has 4 rings (SSSR count). The molecule has 0 atom stereocenters. The summed E-state index contributed by atoms with van der Waals surface area (Å²) < 4.78 is 30.3. The van der Waals surface area contributed by atoms with Gasteiger partial charge in [0.2, 0.25) is 0 Å². The van der Waals surface area contributed by atoms with E-state index in [0.29, 0.717) is 16.9 Å². The number of para-hydroxylation sites is 1. The first-order chi connectivity index (χ1) is 13.3. The first-order valence-corrected chi connectivity index (χ1v) is 10.6. The van der Waals surface area contributed by atoms with Gasteiger partial charge in [0.1, 0.15) is 10.5 Å². The maximum atomic E-state index is 12.9. The summed E-state index contributed by atoms with van der Waals surface area (Å²) in [6, 6.07) is 15.3. The van der Waals surface area contributed by atoms with Crippen LogP contribution in [0.25, 0.3) is 16.9 Å². The molecule has 8 heteroatoms. The number of halogens is 2. The Bertz CT molecular complexity index is 1300. The van der Waals surface area contributed by atoms with Crippen molar-refractivity contribution in [2.45, 2.75) is 11.8 Å². The quantitative estimate of drug-likeness (QED) is 0.469. The number of benzene rings is 2.